The number of aromatic nitrogens is 4. The highest BCUT2D eigenvalue weighted by atomic mass is 35.5. The SMILES string of the molecule is N=C[C@H](NC(=O)c1cc(Cl)ccn1)C(=O)c1ccc(-c2nnc(-c3ccc(C(=O)[C@H](C=N)NC(=O)c4cc(Cl)ccn4)cc3)o2)cc1. The summed E-state index contributed by atoms with van der Waals surface area (Å²) in [6.07, 6.45) is 4.36. The predicted octanol–water partition coefficient (Wildman–Crippen LogP) is 4.76. The number of benzene rings is 2. The zero-order valence-corrected chi connectivity index (χ0v) is 25.5. The van der Waals surface area contributed by atoms with Crippen LogP contribution in [0.1, 0.15) is 41.7 Å². The number of rotatable bonds is 12. The number of pyridine rings is 2. The Balaban J connectivity index is 1.23. The molecule has 2 atom stereocenters. The molecule has 2 aromatic carbocycles. The third kappa shape index (κ3) is 7.66. The number of hydrogen-bond donors (Lipinski definition) is 4. The van der Waals surface area contributed by atoms with Gasteiger partial charge in [0.05, 0.1) is 0 Å². The van der Waals surface area contributed by atoms with Gasteiger partial charge in [-0.15, -0.1) is 10.2 Å². The van der Waals surface area contributed by atoms with Crippen molar-refractivity contribution in [2.75, 3.05) is 0 Å². The van der Waals surface area contributed by atoms with Crippen LogP contribution in [0.5, 0.6) is 0 Å². The predicted molar refractivity (Wildman–Crippen MR) is 172 cm³/mol. The smallest absolute Gasteiger partial charge is 0.270 e. The van der Waals surface area contributed by atoms with Gasteiger partial charge in [-0.3, -0.25) is 29.1 Å². The van der Waals surface area contributed by atoms with Crippen molar-refractivity contribution in [1.29, 1.82) is 10.8 Å². The quantitative estimate of drug-likeness (QED) is 0.107. The number of carbonyl (C=O) groups excluding carboxylic acids is 4. The van der Waals surface area contributed by atoms with Crippen molar-refractivity contribution >= 4 is 59.0 Å². The largest absolute Gasteiger partial charge is 0.416 e. The molecule has 3 heterocycles. The third-order valence-electron chi connectivity index (χ3n) is 6.64. The minimum absolute atomic E-state index is 0.00712. The number of carbonyl (C=O) groups is 4. The molecule has 3 aromatic heterocycles. The van der Waals surface area contributed by atoms with Crippen molar-refractivity contribution in [3.8, 4) is 22.9 Å². The number of ketones is 2. The van der Waals surface area contributed by atoms with Crippen molar-refractivity contribution < 1.29 is 23.6 Å². The van der Waals surface area contributed by atoms with Gasteiger partial charge in [0.1, 0.15) is 23.5 Å². The van der Waals surface area contributed by atoms with Crippen molar-refractivity contribution in [2.45, 2.75) is 12.1 Å². The fourth-order valence-corrected chi connectivity index (χ4v) is 4.54. The van der Waals surface area contributed by atoms with E-state index in [1.54, 1.807) is 24.3 Å². The molecule has 0 unspecified atom stereocenters. The molecule has 0 saturated heterocycles. The lowest BCUT2D eigenvalue weighted by Crippen LogP contribution is -2.42. The maximum Gasteiger partial charge on any atom is 0.270 e. The monoisotopic (exact) mass is 668 g/mol. The van der Waals surface area contributed by atoms with Crippen molar-refractivity contribution in [2.24, 2.45) is 0 Å². The van der Waals surface area contributed by atoms with Crippen LogP contribution < -0.4 is 10.6 Å². The number of amides is 2. The Hall–Kier alpha value is -5.92. The standard InChI is InChI=1S/C32H22Cl2N8O5/c33-21-9-11-37-23(13-21)29(45)39-25(15-35)27(43)17-1-5-19(6-2-17)31-41-42-32(47-31)20-7-3-18(4-8-20)28(44)26(16-36)40-30(46)24-14-22(34)10-12-38-24/h1-16,25-26,35-36H,(H,39,45)(H,40,46)/t25-,26-/m0/s1. The molecule has 2 amide bonds. The molecule has 0 saturated carbocycles. The highest BCUT2D eigenvalue weighted by Crippen LogP contribution is 2.25. The van der Waals surface area contributed by atoms with E-state index < -0.39 is 35.5 Å². The molecule has 0 aliphatic rings. The van der Waals surface area contributed by atoms with Crippen LogP contribution in [0.2, 0.25) is 10.0 Å². The first kappa shape index (κ1) is 32.5. The second-order valence-corrected chi connectivity index (χ2v) is 10.6. The van der Waals surface area contributed by atoms with E-state index in [1.165, 1.54) is 60.9 Å². The summed E-state index contributed by atoms with van der Waals surface area (Å²) in [6.45, 7) is 0. The third-order valence-corrected chi connectivity index (χ3v) is 7.11. The van der Waals surface area contributed by atoms with Crippen LogP contribution in [-0.4, -0.2) is 68.1 Å². The van der Waals surface area contributed by atoms with Crippen LogP contribution in [0.4, 0.5) is 0 Å². The van der Waals surface area contributed by atoms with Gasteiger partial charge in [-0.2, -0.15) is 0 Å². The molecule has 0 bridgehead atoms. The van der Waals surface area contributed by atoms with Crippen LogP contribution in [-0.2, 0) is 0 Å². The van der Waals surface area contributed by atoms with Gasteiger partial charge in [0.15, 0.2) is 11.6 Å². The van der Waals surface area contributed by atoms with E-state index in [4.69, 9.17) is 38.4 Å². The van der Waals surface area contributed by atoms with Crippen molar-refractivity contribution in [1.82, 2.24) is 30.8 Å². The van der Waals surface area contributed by atoms with E-state index in [0.717, 1.165) is 12.4 Å². The summed E-state index contributed by atoms with van der Waals surface area (Å²) in [5.41, 5.74) is 1.48. The summed E-state index contributed by atoms with van der Waals surface area (Å²) in [4.78, 5) is 58.8. The zero-order chi connectivity index (χ0) is 33.5. The van der Waals surface area contributed by atoms with E-state index in [9.17, 15) is 19.2 Å². The van der Waals surface area contributed by atoms with Gasteiger partial charge in [-0.05, 0) is 48.5 Å². The summed E-state index contributed by atoms with van der Waals surface area (Å²) < 4.78 is 5.80. The normalized spacial score (nSPS) is 12.0. The first-order valence-electron chi connectivity index (χ1n) is 13.7. The number of hydrogen-bond acceptors (Lipinski definition) is 11. The summed E-state index contributed by atoms with van der Waals surface area (Å²) in [7, 11) is 0. The highest BCUT2D eigenvalue weighted by Gasteiger charge is 2.23. The molecule has 0 aliphatic heterocycles. The van der Waals surface area contributed by atoms with Gasteiger partial charge in [0.25, 0.3) is 11.8 Å². The summed E-state index contributed by atoms with van der Waals surface area (Å²) >= 11 is 11.8. The second kappa shape index (κ2) is 14.5. The minimum Gasteiger partial charge on any atom is -0.416 e. The Morgan fingerprint density at radius 3 is 1.36 bits per heavy atom. The number of nitrogens with one attached hydrogen (secondary N) is 4. The topological polar surface area (TPSA) is 205 Å². The first-order valence-corrected chi connectivity index (χ1v) is 14.4. The van der Waals surface area contributed by atoms with Gasteiger partial charge >= 0.3 is 0 Å². The maximum atomic E-state index is 13.0. The van der Waals surface area contributed by atoms with E-state index >= 15 is 0 Å². The Kier molecular flexibility index (Phi) is 9.99. The van der Waals surface area contributed by atoms with E-state index in [0.29, 0.717) is 21.2 Å². The Morgan fingerprint density at radius 2 is 1.02 bits per heavy atom. The average Bonchev–Trinajstić information content (AvgIpc) is 3.59. The van der Waals surface area contributed by atoms with Gasteiger partial charge in [-0.25, -0.2) is 0 Å². The fourth-order valence-electron chi connectivity index (χ4n) is 4.22. The van der Waals surface area contributed by atoms with Crippen molar-refractivity contribution in [3.63, 3.8) is 0 Å². The molecule has 13 nitrogen and oxygen atoms in total. The van der Waals surface area contributed by atoms with Gasteiger partial charge in [0, 0.05) is 57.1 Å². The summed E-state index contributed by atoms with van der Waals surface area (Å²) in [6, 6.07) is 15.6. The first-order chi connectivity index (χ1) is 22.7. The summed E-state index contributed by atoms with van der Waals surface area (Å²) in [5.74, 6) is -2.04. The molecule has 5 aromatic rings. The number of halogens is 2. The molecule has 5 rings (SSSR count). The molecule has 0 fully saturated rings. The zero-order valence-electron chi connectivity index (χ0n) is 24.0. The van der Waals surface area contributed by atoms with Crippen LogP contribution >= 0.6 is 23.2 Å². The minimum atomic E-state index is -1.23. The molecule has 15 heteroatoms. The molecule has 4 N–H and O–H groups in total. The van der Waals surface area contributed by atoms with Crippen LogP contribution in [0, 0.1) is 10.8 Å². The lowest BCUT2D eigenvalue weighted by Gasteiger charge is -2.13. The summed E-state index contributed by atoms with van der Waals surface area (Å²) in [5, 5.41) is 28.9. The lowest BCUT2D eigenvalue weighted by molar-refractivity contribution is 0.0882. The van der Waals surface area contributed by atoms with Crippen molar-refractivity contribution in [3.05, 3.63) is 118 Å². The molecular formula is C32H22Cl2N8O5. The Morgan fingerprint density at radius 1 is 0.638 bits per heavy atom. The highest BCUT2D eigenvalue weighted by molar-refractivity contribution is 6.31. The molecule has 0 spiro atoms. The van der Waals surface area contributed by atoms with Crippen LogP contribution in [0.15, 0.2) is 89.6 Å². The number of nitrogens with zero attached hydrogens (tertiary/aromatic N) is 4. The van der Waals surface area contributed by atoms with E-state index in [-0.39, 0.29) is 34.3 Å². The molecule has 234 valence electrons. The van der Waals surface area contributed by atoms with Gasteiger partial charge < -0.3 is 25.9 Å². The van der Waals surface area contributed by atoms with Gasteiger partial charge in [0.2, 0.25) is 11.8 Å². The van der Waals surface area contributed by atoms with E-state index in [1.807, 2.05) is 0 Å². The Bertz CT molecular complexity index is 1860. The fraction of sp³-hybridized carbons (Fsp3) is 0.0625. The average molecular weight is 669 g/mol. The van der Waals surface area contributed by atoms with Gasteiger partial charge in [-0.1, -0.05) is 47.5 Å². The van der Waals surface area contributed by atoms with Crippen LogP contribution in [0.25, 0.3) is 22.9 Å². The Labute approximate surface area is 276 Å². The lowest BCUT2D eigenvalue weighted by atomic mass is 10.0. The molecule has 0 aliphatic carbocycles. The van der Waals surface area contributed by atoms with E-state index in [2.05, 4.69) is 30.8 Å². The number of Topliss-reactive ketones (excluding diaryl/α,β-unsaturated/α-hetero) is 2. The molecule has 0 radical (unpaired) electrons. The molecular weight excluding hydrogens is 647 g/mol. The van der Waals surface area contributed by atoms with Crippen LogP contribution in [0.3, 0.4) is 0 Å². The molecule has 47 heavy (non-hydrogen) atoms. The second-order valence-electron chi connectivity index (χ2n) is 9.75. The maximum absolute atomic E-state index is 13.0.